The fraction of sp³-hybridized carbons (Fsp3) is 0.338. The monoisotopic (exact) mass is 1260 g/mol. The molecule has 3 aliphatic rings. The Morgan fingerprint density at radius 2 is 0.602 bits per heavy atom. The van der Waals surface area contributed by atoms with E-state index in [-0.39, 0.29) is 54.1 Å². The first kappa shape index (κ1) is 66.7. The number of carboxylic acid groups (broad SMARTS) is 2. The fourth-order valence-corrected chi connectivity index (χ4v) is 13.5. The van der Waals surface area contributed by atoms with Crippen molar-refractivity contribution in [2.45, 2.75) is 83.6 Å². The van der Waals surface area contributed by atoms with Gasteiger partial charge in [-0.2, -0.15) is 15.6 Å². The molecule has 4 amide bonds. The number of nitrogens with one attached hydrogen (secondary N) is 3. The molecule has 25 heteroatoms. The number of aromatic amines is 3. The minimum absolute atomic E-state index is 0. The smallest absolute Gasteiger partial charge is 0.335 e. The van der Waals surface area contributed by atoms with E-state index in [1.807, 2.05) is 79.7 Å². The fourth-order valence-electron chi connectivity index (χ4n) is 13.5. The third-order valence-electron chi connectivity index (χ3n) is 17.1. The van der Waals surface area contributed by atoms with Crippen LogP contribution in [0.1, 0.15) is 174 Å². The van der Waals surface area contributed by atoms with Gasteiger partial charge in [-0.25, -0.2) is 9.59 Å². The van der Waals surface area contributed by atoms with Gasteiger partial charge in [0.15, 0.2) is 17.5 Å². The Morgan fingerprint density at radius 3 is 0.785 bits per heavy atom. The summed E-state index contributed by atoms with van der Waals surface area (Å²) in [6.45, 7) is 10.4. The van der Waals surface area contributed by atoms with E-state index in [0.29, 0.717) is 69.6 Å². The summed E-state index contributed by atoms with van der Waals surface area (Å²) in [6, 6.07) is 32.5. The minimum atomic E-state index is -1.04. The topological polar surface area (TPSA) is 345 Å². The number of carboxylic acids is 2. The van der Waals surface area contributed by atoms with Crippen molar-refractivity contribution in [2.75, 3.05) is 56.4 Å². The molecule has 3 aliphatic carbocycles. The Bertz CT molecular complexity index is 3940. The minimum Gasteiger partial charge on any atom is -0.478 e. The molecule has 25 nitrogen and oxygen atoms in total. The first-order chi connectivity index (χ1) is 43.7. The number of benzene rings is 6. The standard InChI is InChI=1S/C24H28N6O2.C23H27N7O2.C20H18N4O4.CH4/c1-14(2)13-24(23-25-27-28-26-23)19-9-7-15(21(31)29(3)4)11-17(19)18-12-16(8-10-20(18)24)22(32)30(5)6;1-13(24)12-23(22-25-27-28-26-22)18-8-6-14(20(31)29(2)3)10-16(18)17-11-15(7-9-19(17)23)21(32)30(4)5;1-10(2)9-20(19-21-23-24-22-19)15-5-3-11(17(25)26)7-13(15)14-8-12(18(27)28)4-6-16(14)20;/h7-12,14H,13H2,1-6H3,(H,25,26,27,28);6-11,13H,12,24H2,1-5H3,(H,25,26,27,28);3-8,10H,9H2,1-2H3,(H,25,26)(H,27,28)(H,21,22,23,24);1H4/t;13-;;/m.0../s1. The SMILES string of the molecule is C.CC(C)CC1(c2nn[nH]n2)c2ccc(C(=O)N(C)C)cc2-c2cc(C(=O)N(C)C)ccc21.CC(C)CC1(c2nn[nH]n2)c2ccc(C(=O)O)cc2-c2cc(C(=O)O)ccc21.C[C@H](N)CC1(c2nn[nH]n2)c2ccc(C(=O)N(C)C)cc2-c2cc(C(=O)N(C)C)ccc21. The predicted molar refractivity (Wildman–Crippen MR) is 348 cm³/mol. The number of hydrogen-bond acceptors (Lipinski definition) is 16. The molecule has 6 aromatic carbocycles. The highest BCUT2D eigenvalue weighted by Gasteiger charge is 2.52. The Balaban J connectivity index is 0.000000164. The summed E-state index contributed by atoms with van der Waals surface area (Å²) in [5.41, 5.74) is 17.4. The van der Waals surface area contributed by atoms with E-state index >= 15 is 0 Å². The molecule has 3 aromatic heterocycles. The summed E-state index contributed by atoms with van der Waals surface area (Å²) >= 11 is 0. The van der Waals surface area contributed by atoms with Crippen molar-refractivity contribution < 1.29 is 39.0 Å². The average molecular weight is 1260 g/mol. The molecule has 0 fully saturated rings. The van der Waals surface area contributed by atoms with Crippen LogP contribution in [0.25, 0.3) is 33.4 Å². The highest BCUT2D eigenvalue weighted by atomic mass is 16.4. The summed E-state index contributed by atoms with van der Waals surface area (Å²) in [6.07, 6.45) is 1.95. The van der Waals surface area contributed by atoms with Crippen LogP contribution < -0.4 is 5.73 Å². The second-order valence-electron chi connectivity index (χ2n) is 25.3. The van der Waals surface area contributed by atoms with Crippen LogP contribution in [-0.2, 0) is 16.2 Å². The quantitative estimate of drug-likeness (QED) is 0.0563. The van der Waals surface area contributed by atoms with Gasteiger partial charge in [-0.1, -0.05) is 87.2 Å². The number of amides is 4. The van der Waals surface area contributed by atoms with Crippen LogP contribution in [0.4, 0.5) is 0 Å². The maximum absolute atomic E-state index is 12.7. The van der Waals surface area contributed by atoms with Crippen molar-refractivity contribution in [3.05, 3.63) is 193 Å². The lowest BCUT2D eigenvalue weighted by molar-refractivity contribution is 0.0686. The van der Waals surface area contributed by atoms with E-state index in [2.05, 4.69) is 89.6 Å². The molecule has 12 rings (SSSR count). The zero-order valence-electron chi connectivity index (χ0n) is 53.5. The Labute approximate surface area is 538 Å². The molecule has 0 saturated heterocycles. The lowest BCUT2D eigenvalue weighted by Crippen LogP contribution is -2.35. The van der Waals surface area contributed by atoms with Gasteiger partial charge in [-0.05, 0) is 178 Å². The van der Waals surface area contributed by atoms with Gasteiger partial charge in [-0.3, -0.25) is 19.2 Å². The van der Waals surface area contributed by atoms with Crippen molar-refractivity contribution >= 4 is 35.6 Å². The third kappa shape index (κ3) is 11.7. The number of H-pyrrole nitrogens is 3. The maximum Gasteiger partial charge on any atom is 0.335 e. The number of aromatic carboxylic acids is 2. The van der Waals surface area contributed by atoms with Crippen molar-refractivity contribution in [3.63, 3.8) is 0 Å². The molecular formula is C68H77N17O8. The van der Waals surface area contributed by atoms with Gasteiger partial charge in [0, 0.05) is 84.7 Å². The van der Waals surface area contributed by atoms with Crippen LogP contribution in [0, 0.1) is 11.8 Å². The number of carbonyl (C=O) groups excluding carboxylic acids is 4. The Morgan fingerprint density at radius 1 is 0.387 bits per heavy atom. The van der Waals surface area contributed by atoms with Crippen molar-refractivity contribution in [1.82, 2.24) is 81.5 Å². The molecule has 9 aromatic rings. The predicted octanol–water partition coefficient (Wildman–Crippen LogP) is 8.21. The highest BCUT2D eigenvalue weighted by Crippen LogP contribution is 2.58. The number of carbonyl (C=O) groups is 6. The first-order valence-corrected chi connectivity index (χ1v) is 29.9. The van der Waals surface area contributed by atoms with E-state index in [9.17, 15) is 39.0 Å². The molecule has 0 bridgehead atoms. The second-order valence-corrected chi connectivity index (χ2v) is 25.3. The maximum atomic E-state index is 12.7. The normalized spacial score (nSPS) is 13.8. The van der Waals surface area contributed by atoms with Crippen LogP contribution in [0.15, 0.2) is 109 Å². The van der Waals surface area contributed by atoms with E-state index in [0.717, 1.165) is 62.1 Å². The van der Waals surface area contributed by atoms with Crippen LogP contribution in [0.2, 0.25) is 0 Å². The summed E-state index contributed by atoms with van der Waals surface area (Å²) < 4.78 is 0. The van der Waals surface area contributed by atoms with Crippen LogP contribution >= 0.6 is 0 Å². The number of hydrogen-bond donors (Lipinski definition) is 6. The summed E-state index contributed by atoms with van der Waals surface area (Å²) in [5.74, 6) is -0.261. The molecule has 7 N–H and O–H groups in total. The van der Waals surface area contributed by atoms with E-state index in [1.165, 1.54) is 9.80 Å². The molecule has 3 heterocycles. The van der Waals surface area contributed by atoms with Gasteiger partial charge in [0.2, 0.25) is 0 Å². The molecule has 1 atom stereocenters. The van der Waals surface area contributed by atoms with Gasteiger partial charge >= 0.3 is 11.9 Å². The van der Waals surface area contributed by atoms with Crippen LogP contribution in [0.3, 0.4) is 0 Å². The number of rotatable bonds is 15. The van der Waals surface area contributed by atoms with Gasteiger partial charge in [0.1, 0.15) is 0 Å². The zero-order chi connectivity index (χ0) is 66.5. The lowest BCUT2D eigenvalue weighted by atomic mass is 9.71. The largest absolute Gasteiger partial charge is 0.478 e. The summed E-state index contributed by atoms with van der Waals surface area (Å²) in [4.78, 5) is 80.1. The summed E-state index contributed by atoms with van der Waals surface area (Å²) in [5, 5.41) is 63.9. The van der Waals surface area contributed by atoms with Crippen LogP contribution in [-0.4, -0.2) is 190 Å². The van der Waals surface area contributed by atoms with Crippen molar-refractivity contribution in [2.24, 2.45) is 17.6 Å². The molecule has 0 aliphatic heterocycles. The first-order valence-electron chi connectivity index (χ1n) is 29.9. The lowest BCUT2D eigenvalue weighted by Gasteiger charge is -2.30. The van der Waals surface area contributed by atoms with E-state index < -0.39 is 28.2 Å². The number of tetrazole rings is 3. The van der Waals surface area contributed by atoms with Gasteiger partial charge in [-0.15, -0.1) is 30.6 Å². The van der Waals surface area contributed by atoms with Crippen molar-refractivity contribution in [3.8, 4) is 33.4 Å². The summed E-state index contributed by atoms with van der Waals surface area (Å²) in [7, 11) is 13.8. The Hall–Kier alpha value is -10.7. The van der Waals surface area contributed by atoms with E-state index in [4.69, 9.17) is 5.73 Å². The second kappa shape index (κ2) is 25.9. The van der Waals surface area contributed by atoms with Gasteiger partial charge in [0.05, 0.1) is 27.4 Å². The number of nitrogens with zero attached hydrogens (tertiary/aromatic N) is 13. The molecule has 0 spiro atoms. The molecular weight excluding hydrogens is 1180 g/mol. The molecule has 0 saturated carbocycles. The van der Waals surface area contributed by atoms with Crippen LogP contribution in [0.5, 0.6) is 0 Å². The Kier molecular flexibility index (Phi) is 18.6. The van der Waals surface area contributed by atoms with E-state index in [1.54, 1.807) is 103 Å². The number of fused-ring (bicyclic) bond motifs is 9. The van der Waals surface area contributed by atoms with Crippen molar-refractivity contribution in [1.29, 1.82) is 0 Å². The molecule has 0 unspecified atom stereocenters. The zero-order valence-corrected chi connectivity index (χ0v) is 53.5. The molecule has 0 radical (unpaired) electrons. The molecule has 482 valence electrons. The number of nitrogens with two attached hydrogens (primary N) is 1. The number of aromatic nitrogens is 12. The molecule has 93 heavy (non-hydrogen) atoms. The third-order valence-corrected chi connectivity index (χ3v) is 17.1. The van der Waals surface area contributed by atoms with Gasteiger partial charge < -0.3 is 35.5 Å². The van der Waals surface area contributed by atoms with Gasteiger partial charge in [0.25, 0.3) is 23.6 Å². The highest BCUT2D eigenvalue weighted by molar-refractivity contribution is 6.02. The average Bonchev–Trinajstić information content (AvgIpc) is 1.57.